The molecule has 1 aromatic carbocycles. The van der Waals surface area contributed by atoms with Crippen LogP contribution in [0.4, 0.5) is 0 Å². The van der Waals surface area contributed by atoms with Gasteiger partial charge < -0.3 is 15.4 Å². The Morgan fingerprint density at radius 2 is 2.29 bits per heavy atom. The number of halogens is 1. The summed E-state index contributed by atoms with van der Waals surface area (Å²) in [5.41, 5.74) is 6.25. The SMILES string of the molecule is NCC1CN(C(=O)c2ccccc2Br)CCO1. The van der Waals surface area contributed by atoms with E-state index in [2.05, 4.69) is 15.9 Å². The van der Waals surface area contributed by atoms with E-state index in [0.29, 0.717) is 31.8 Å². The van der Waals surface area contributed by atoms with Crippen molar-refractivity contribution in [1.82, 2.24) is 4.90 Å². The van der Waals surface area contributed by atoms with Gasteiger partial charge in [0, 0.05) is 24.1 Å². The standard InChI is InChI=1S/C12H15BrN2O2/c13-11-4-2-1-3-10(11)12(16)15-5-6-17-9(7-14)8-15/h1-4,9H,5-8,14H2. The molecule has 1 aliphatic heterocycles. The lowest BCUT2D eigenvalue weighted by Gasteiger charge is -2.32. The van der Waals surface area contributed by atoms with Crippen LogP contribution in [0.15, 0.2) is 28.7 Å². The Labute approximate surface area is 109 Å². The van der Waals surface area contributed by atoms with Crippen molar-refractivity contribution in [2.24, 2.45) is 5.73 Å². The highest BCUT2D eigenvalue weighted by atomic mass is 79.9. The smallest absolute Gasteiger partial charge is 0.255 e. The molecule has 1 aliphatic rings. The van der Waals surface area contributed by atoms with Crippen molar-refractivity contribution in [3.05, 3.63) is 34.3 Å². The van der Waals surface area contributed by atoms with Crippen LogP contribution in [0.25, 0.3) is 0 Å². The largest absolute Gasteiger partial charge is 0.373 e. The summed E-state index contributed by atoms with van der Waals surface area (Å²) in [5.74, 6) is 0.0271. The molecule has 17 heavy (non-hydrogen) atoms. The lowest BCUT2D eigenvalue weighted by atomic mass is 10.1. The summed E-state index contributed by atoms with van der Waals surface area (Å²) in [6, 6.07) is 7.44. The monoisotopic (exact) mass is 298 g/mol. The summed E-state index contributed by atoms with van der Waals surface area (Å²) >= 11 is 3.39. The number of nitrogens with zero attached hydrogens (tertiary/aromatic N) is 1. The molecule has 1 heterocycles. The van der Waals surface area contributed by atoms with E-state index in [-0.39, 0.29) is 12.0 Å². The molecule has 0 aromatic heterocycles. The molecule has 5 heteroatoms. The van der Waals surface area contributed by atoms with Gasteiger partial charge in [-0.05, 0) is 28.1 Å². The summed E-state index contributed by atoms with van der Waals surface area (Å²) < 4.78 is 6.26. The van der Waals surface area contributed by atoms with Gasteiger partial charge in [-0.2, -0.15) is 0 Å². The van der Waals surface area contributed by atoms with Crippen LogP contribution >= 0.6 is 15.9 Å². The van der Waals surface area contributed by atoms with E-state index in [4.69, 9.17) is 10.5 Å². The van der Waals surface area contributed by atoms with Crippen molar-refractivity contribution in [3.63, 3.8) is 0 Å². The molecular formula is C12H15BrN2O2. The Balaban J connectivity index is 2.12. The second-order valence-corrected chi connectivity index (χ2v) is 4.81. The first-order chi connectivity index (χ1) is 8.22. The molecule has 92 valence electrons. The average Bonchev–Trinajstić information content (AvgIpc) is 2.38. The number of nitrogens with two attached hydrogens (primary N) is 1. The van der Waals surface area contributed by atoms with Crippen LogP contribution in [-0.4, -0.2) is 43.2 Å². The summed E-state index contributed by atoms with van der Waals surface area (Å²) in [5, 5.41) is 0. The van der Waals surface area contributed by atoms with E-state index in [0.717, 1.165) is 4.47 Å². The normalized spacial score (nSPS) is 20.4. The molecule has 0 aliphatic carbocycles. The molecule has 1 atom stereocenters. The highest BCUT2D eigenvalue weighted by Crippen LogP contribution is 2.19. The fourth-order valence-electron chi connectivity index (χ4n) is 1.85. The molecule has 0 saturated carbocycles. The van der Waals surface area contributed by atoms with Gasteiger partial charge in [0.05, 0.1) is 18.3 Å². The van der Waals surface area contributed by atoms with Crippen LogP contribution < -0.4 is 5.73 Å². The molecule has 1 saturated heterocycles. The predicted molar refractivity (Wildman–Crippen MR) is 68.8 cm³/mol. The van der Waals surface area contributed by atoms with Gasteiger partial charge in [0.2, 0.25) is 0 Å². The van der Waals surface area contributed by atoms with Crippen LogP contribution in [0.1, 0.15) is 10.4 Å². The highest BCUT2D eigenvalue weighted by Gasteiger charge is 2.24. The van der Waals surface area contributed by atoms with Gasteiger partial charge in [0.1, 0.15) is 0 Å². The van der Waals surface area contributed by atoms with Crippen LogP contribution in [0, 0.1) is 0 Å². The van der Waals surface area contributed by atoms with Crippen molar-refractivity contribution >= 4 is 21.8 Å². The summed E-state index contributed by atoms with van der Waals surface area (Å²) in [6.45, 7) is 2.19. The summed E-state index contributed by atoms with van der Waals surface area (Å²) in [6.07, 6.45) is -0.0461. The summed E-state index contributed by atoms with van der Waals surface area (Å²) in [7, 11) is 0. The van der Waals surface area contributed by atoms with Gasteiger partial charge in [0.15, 0.2) is 0 Å². The predicted octanol–water partition coefficient (Wildman–Crippen LogP) is 1.25. The zero-order valence-corrected chi connectivity index (χ0v) is 11.0. The van der Waals surface area contributed by atoms with Gasteiger partial charge in [0.25, 0.3) is 5.91 Å². The van der Waals surface area contributed by atoms with Gasteiger partial charge in [-0.1, -0.05) is 12.1 Å². The number of benzene rings is 1. The van der Waals surface area contributed by atoms with Crippen LogP contribution in [0.5, 0.6) is 0 Å². The minimum absolute atomic E-state index is 0.0271. The lowest BCUT2D eigenvalue weighted by molar-refractivity contribution is -0.0167. The number of rotatable bonds is 2. The van der Waals surface area contributed by atoms with E-state index < -0.39 is 0 Å². The average molecular weight is 299 g/mol. The first-order valence-electron chi connectivity index (χ1n) is 5.58. The molecule has 1 unspecified atom stereocenters. The van der Waals surface area contributed by atoms with Gasteiger partial charge in [-0.25, -0.2) is 0 Å². The van der Waals surface area contributed by atoms with E-state index in [1.807, 2.05) is 24.3 Å². The van der Waals surface area contributed by atoms with E-state index >= 15 is 0 Å². The number of ether oxygens (including phenoxy) is 1. The topological polar surface area (TPSA) is 55.6 Å². The Bertz CT molecular complexity index is 411. The first kappa shape index (κ1) is 12.5. The van der Waals surface area contributed by atoms with Gasteiger partial charge in [-0.3, -0.25) is 4.79 Å². The number of amides is 1. The Kier molecular flexibility index (Phi) is 4.15. The number of carbonyl (C=O) groups excluding carboxylic acids is 1. The zero-order valence-electron chi connectivity index (χ0n) is 9.43. The molecule has 1 aromatic rings. The third kappa shape index (κ3) is 2.86. The summed E-state index contributed by atoms with van der Waals surface area (Å²) in [4.78, 5) is 14.1. The van der Waals surface area contributed by atoms with E-state index in [9.17, 15) is 4.79 Å². The number of hydrogen-bond acceptors (Lipinski definition) is 3. The van der Waals surface area contributed by atoms with E-state index in [1.165, 1.54) is 0 Å². The van der Waals surface area contributed by atoms with Crippen LogP contribution in [0.3, 0.4) is 0 Å². The Hall–Kier alpha value is -0.910. The number of morpholine rings is 1. The molecule has 0 radical (unpaired) electrons. The first-order valence-corrected chi connectivity index (χ1v) is 6.37. The van der Waals surface area contributed by atoms with E-state index in [1.54, 1.807) is 4.90 Å². The van der Waals surface area contributed by atoms with Crippen molar-refractivity contribution in [2.45, 2.75) is 6.10 Å². The molecule has 2 rings (SSSR count). The third-order valence-corrected chi connectivity index (χ3v) is 3.48. The maximum Gasteiger partial charge on any atom is 0.255 e. The Morgan fingerprint density at radius 3 is 3.00 bits per heavy atom. The second-order valence-electron chi connectivity index (χ2n) is 3.96. The van der Waals surface area contributed by atoms with Gasteiger partial charge in [-0.15, -0.1) is 0 Å². The lowest BCUT2D eigenvalue weighted by Crippen LogP contribution is -2.48. The number of carbonyl (C=O) groups is 1. The second kappa shape index (κ2) is 5.62. The molecule has 4 nitrogen and oxygen atoms in total. The number of hydrogen-bond donors (Lipinski definition) is 1. The third-order valence-electron chi connectivity index (χ3n) is 2.79. The quantitative estimate of drug-likeness (QED) is 0.894. The van der Waals surface area contributed by atoms with Gasteiger partial charge >= 0.3 is 0 Å². The molecular weight excluding hydrogens is 284 g/mol. The maximum atomic E-state index is 12.3. The fraction of sp³-hybridized carbons (Fsp3) is 0.417. The van der Waals surface area contributed by atoms with Crippen molar-refractivity contribution < 1.29 is 9.53 Å². The van der Waals surface area contributed by atoms with Crippen LogP contribution in [0.2, 0.25) is 0 Å². The maximum absolute atomic E-state index is 12.3. The van der Waals surface area contributed by atoms with Crippen molar-refractivity contribution in [2.75, 3.05) is 26.2 Å². The molecule has 0 spiro atoms. The molecule has 0 bridgehead atoms. The Morgan fingerprint density at radius 1 is 1.53 bits per heavy atom. The van der Waals surface area contributed by atoms with Crippen molar-refractivity contribution in [3.8, 4) is 0 Å². The van der Waals surface area contributed by atoms with Crippen LogP contribution in [-0.2, 0) is 4.74 Å². The highest BCUT2D eigenvalue weighted by molar-refractivity contribution is 9.10. The molecule has 1 amide bonds. The fourth-order valence-corrected chi connectivity index (χ4v) is 2.31. The zero-order chi connectivity index (χ0) is 12.3. The molecule has 2 N–H and O–H groups in total. The molecule has 1 fully saturated rings. The minimum Gasteiger partial charge on any atom is -0.373 e. The minimum atomic E-state index is -0.0461. The van der Waals surface area contributed by atoms with Crippen molar-refractivity contribution in [1.29, 1.82) is 0 Å².